The predicted octanol–water partition coefficient (Wildman–Crippen LogP) is -0.584. The molecule has 3 atom stereocenters. The van der Waals surface area contributed by atoms with Crippen LogP contribution >= 0.6 is 11.8 Å². The Bertz CT molecular complexity index is 720. The van der Waals surface area contributed by atoms with Crippen LogP contribution in [-0.2, 0) is 9.53 Å². The molecule has 0 radical (unpaired) electrons. The van der Waals surface area contributed by atoms with Crippen molar-refractivity contribution in [2.45, 2.75) is 17.7 Å². The van der Waals surface area contributed by atoms with Crippen molar-refractivity contribution >= 4 is 23.6 Å². The molecule has 0 bridgehead atoms. The molecule has 2 fully saturated rings. The maximum atomic E-state index is 13.3. The molecule has 2 saturated heterocycles. The van der Waals surface area contributed by atoms with Gasteiger partial charge in [-0.15, -0.1) is 11.8 Å². The van der Waals surface area contributed by atoms with E-state index in [-0.39, 0.29) is 11.1 Å². The summed E-state index contributed by atoms with van der Waals surface area (Å²) in [6, 6.07) is 1.73. The SMILES string of the molecule is NC1NC(SCCN2CCOCC2)NC(=O)C1NC(=O)c1ccc(F)c(F)c1. The van der Waals surface area contributed by atoms with Gasteiger partial charge < -0.3 is 21.1 Å². The van der Waals surface area contributed by atoms with Gasteiger partial charge in [-0.1, -0.05) is 0 Å². The van der Waals surface area contributed by atoms with Crippen molar-refractivity contribution in [2.75, 3.05) is 38.6 Å². The van der Waals surface area contributed by atoms with Crippen LogP contribution in [0.2, 0.25) is 0 Å². The number of nitrogens with two attached hydrogens (primary N) is 1. The second-order valence-electron chi connectivity index (χ2n) is 6.49. The van der Waals surface area contributed by atoms with E-state index in [1.807, 2.05) is 0 Å². The number of carbonyl (C=O) groups is 2. The molecule has 0 aromatic heterocycles. The smallest absolute Gasteiger partial charge is 0.252 e. The lowest BCUT2D eigenvalue weighted by molar-refractivity contribution is -0.125. The average molecular weight is 415 g/mol. The molecular formula is C17H23F2N5O3S. The molecule has 8 nitrogen and oxygen atoms in total. The van der Waals surface area contributed by atoms with E-state index in [9.17, 15) is 18.4 Å². The van der Waals surface area contributed by atoms with E-state index in [4.69, 9.17) is 10.5 Å². The van der Waals surface area contributed by atoms with Crippen LogP contribution in [0.1, 0.15) is 10.4 Å². The molecule has 0 saturated carbocycles. The van der Waals surface area contributed by atoms with Crippen molar-refractivity contribution in [3.63, 3.8) is 0 Å². The van der Waals surface area contributed by atoms with Crippen molar-refractivity contribution in [3.8, 4) is 0 Å². The van der Waals surface area contributed by atoms with Gasteiger partial charge in [0.1, 0.15) is 11.5 Å². The molecule has 1 aromatic carbocycles. The first kappa shape index (κ1) is 20.9. The second kappa shape index (κ2) is 9.61. The van der Waals surface area contributed by atoms with Gasteiger partial charge in [0.15, 0.2) is 11.6 Å². The Morgan fingerprint density at radius 3 is 2.75 bits per heavy atom. The molecule has 2 amide bonds. The quantitative estimate of drug-likeness (QED) is 0.492. The first-order valence-electron chi connectivity index (χ1n) is 8.93. The molecule has 154 valence electrons. The summed E-state index contributed by atoms with van der Waals surface area (Å²) in [5.41, 5.74) is 5.52. The minimum Gasteiger partial charge on any atom is -0.379 e. The van der Waals surface area contributed by atoms with E-state index >= 15 is 0 Å². The predicted molar refractivity (Wildman–Crippen MR) is 100 cm³/mol. The highest BCUT2D eigenvalue weighted by Gasteiger charge is 2.35. The van der Waals surface area contributed by atoms with Crippen LogP contribution in [0.4, 0.5) is 8.78 Å². The minimum atomic E-state index is -1.14. The number of hydrogen-bond acceptors (Lipinski definition) is 7. The van der Waals surface area contributed by atoms with E-state index in [0.717, 1.165) is 56.8 Å². The van der Waals surface area contributed by atoms with Crippen LogP contribution in [0, 0.1) is 11.6 Å². The lowest BCUT2D eigenvalue weighted by atomic mass is 10.1. The molecule has 3 rings (SSSR count). The number of amides is 2. The average Bonchev–Trinajstić information content (AvgIpc) is 2.67. The number of ether oxygens (including phenoxy) is 1. The van der Waals surface area contributed by atoms with Crippen LogP contribution in [0.5, 0.6) is 0 Å². The Hall–Kier alpha value is -1.79. The fraction of sp³-hybridized carbons (Fsp3) is 0.529. The number of nitrogens with one attached hydrogen (secondary N) is 3. The summed E-state index contributed by atoms with van der Waals surface area (Å²) in [6.07, 6.45) is -0.816. The van der Waals surface area contributed by atoms with Gasteiger partial charge in [-0.2, -0.15) is 0 Å². The van der Waals surface area contributed by atoms with Gasteiger partial charge in [-0.25, -0.2) is 8.78 Å². The maximum absolute atomic E-state index is 13.3. The van der Waals surface area contributed by atoms with Crippen molar-refractivity contribution in [1.82, 2.24) is 20.9 Å². The first-order chi connectivity index (χ1) is 13.4. The summed E-state index contributed by atoms with van der Waals surface area (Å²) in [6.45, 7) is 4.11. The zero-order chi connectivity index (χ0) is 20.1. The van der Waals surface area contributed by atoms with Crippen molar-refractivity contribution in [1.29, 1.82) is 0 Å². The number of carbonyl (C=O) groups excluding carboxylic acids is 2. The molecule has 1 aromatic rings. The normalized spacial score (nSPS) is 26.0. The standard InChI is InChI=1S/C17H23F2N5O3S/c18-11-2-1-10(9-12(11)19)15(25)21-13-14(20)22-17(23-16(13)26)28-8-5-24-3-6-27-7-4-24/h1-2,9,13-14,17,22H,3-8,20H2,(H,21,25)(H,23,26). The molecule has 2 aliphatic heterocycles. The summed E-state index contributed by atoms with van der Waals surface area (Å²) in [4.78, 5) is 26.8. The molecule has 2 heterocycles. The molecule has 0 aliphatic carbocycles. The summed E-state index contributed by atoms with van der Waals surface area (Å²) in [5.74, 6) is -2.56. The molecule has 28 heavy (non-hydrogen) atoms. The van der Waals surface area contributed by atoms with Gasteiger partial charge in [0.05, 0.1) is 19.4 Å². The molecule has 0 spiro atoms. The van der Waals surface area contributed by atoms with E-state index in [1.54, 1.807) is 0 Å². The fourth-order valence-electron chi connectivity index (χ4n) is 2.93. The summed E-state index contributed by atoms with van der Waals surface area (Å²) >= 11 is 1.51. The van der Waals surface area contributed by atoms with Crippen LogP contribution in [0.15, 0.2) is 18.2 Å². The van der Waals surface area contributed by atoms with E-state index in [0.29, 0.717) is 0 Å². The third-order valence-electron chi connectivity index (χ3n) is 4.52. The topological polar surface area (TPSA) is 109 Å². The molecule has 11 heteroatoms. The van der Waals surface area contributed by atoms with Gasteiger partial charge in [-0.05, 0) is 18.2 Å². The van der Waals surface area contributed by atoms with Crippen LogP contribution in [0.3, 0.4) is 0 Å². The van der Waals surface area contributed by atoms with E-state index in [2.05, 4.69) is 20.9 Å². The summed E-state index contributed by atoms with van der Waals surface area (Å²) in [5, 5.41) is 8.23. The molecule has 3 unspecified atom stereocenters. The van der Waals surface area contributed by atoms with E-state index in [1.165, 1.54) is 11.8 Å². The highest BCUT2D eigenvalue weighted by Crippen LogP contribution is 2.13. The monoisotopic (exact) mass is 415 g/mol. The van der Waals surface area contributed by atoms with Gasteiger partial charge in [0.2, 0.25) is 5.91 Å². The number of thioether (sulfide) groups is 1. The van der Waals surface area contributed by atoms with Gasteiger partial charge in [0.25, 0.3) is 5.91 Å². The highest BCUT2D eigenvalue weighted by atomic mass is 32.2. The van der Waals surface area contributed by atoms with Crippen molar-refractivity contribution in [3.05, 3.63) is 35.4 Å². The van der Waals surface area contributed by atoms with Crippen LogP contribution in [0.25, 0.3) is 0 Å². The Morgan fingerprint density at radius 1 is 1.32 bits per heavy atom. The third kappa shape index (κ3) is 5.39. The Kier molecular flexibility index (Phi) is 7.18. The van der Waals surface area contributed by atoms with Gasteiger partial charge in [0, 0.05) is 31.0 Å². The largest absolute Gasteiger partial charge is 0.379 e. The molecular weight excluding hydrogens is 392 g/mol. The van der Waals surface area contributed by atoms with Gasteiger partial charge >= 0.3 is 0 Å². The van der Waals surface area contributed by atoms with E-state index < -0.39 is 35.7 Å². The Morgan fingerprint density at radius 2 is 2.07 bits per heavy atom. The summed E-state index contributed by atoms with van der Waals surface area (Å²) in [7, 11) is 0. The fourth-order valence-corrected chi connectivity index (χ4v) is 3.98. The zero-order valence-corrected chi connectivity index (χ0v) is 15.9. The number of benzene rings is 1. The Balaban J connectivity index is 1.48. The number of nitrogens with zero attached hydrogens (tertiary/aromatic N) is 1. The molecule has 5 N–H and O–H groups in total. The van der Waals surface area contributed by atoms with Crippen LogP contribution in [-0.4, -0.2) is 73.0 Å². The third-order valence-corrected chi connectivity index (χ3v) is 5.53. The van der Waals surface area contributed by atoms with Gasteiger partial charge in [-0.3, -0.25) is 19.8 Å². The highest BCUT2D eigenvalue weighted by molar-refractivity contribution is 7.99. The minimum absolute atomic E-state index is 0.0964. The van der Waals surface area contributed by atoms with Crippen LogP contribution < -0.4 is 21.7 Å². The lowest BCUT2D eigenvalue weighted by Crippen LogP contribution is -2.70. The first-order valence-corrected chi connectivity index (χ1v) is 9.98. The number of hydrogen-bond donors (Lipinski definition) is 4. The second-order valence-corrected chi connectivity index (χ2v) is 7.70. The van der Waals surface area contributed by atoms with Crippen molar-refractivity contribution < 1.29 is 23.1 Å². The zero-order valence-electron chi connectivity index (χ0n) is 15.1. The maximum Gasteiger partial charge on any atom is 0.252 e. The number of morpholine rings is 1. The molecule has 2 aliphatic rings. The number of rotatable bonds is 6. The van der Waals surface area contributed by atoms with Crippen molar-refractivity contribution in [2.24, 2.45) is 5.73 Å². The Labute approximate surface area is 165 Å². The number of halogens is 2. The summed E-state index contributed by atoms with van der Waals surface area (Å²) < 4.78 is 31.6. The lowest BCUT2D eigenvalue weighted by Gasteiger charge is -2.35.